The number of rotatable bonds is 6. The van der Waals surface area contributed by atoms with Crippen LogP contribution in [0.15, 0.2) is 42.5 Å². The second-order valence-electron chi connectivity index (χ2n) is 7.80. The summed E-state index contributed by atoms with van der Waals surface area (Å²) in [4.78, 5) is 9.55. The lowest BCUT2D eigenvalue weighted by Crippen LogP contribution is -2.29. The fourth-order valence-electron chi connectivity index (χ4n) is 3.92. The summed E-state index contributed by atoms with van der Waals surface area (Å²) < 4.78 is 5.42. The zero-order valence-corrected chi connectivity index (χ0v) is 17.9. The van der Waals surface area contributed by atoms with Crippen molar-refractivity contribution in [3.63, 3.8) is 0 Å². The third kappa shape index (κ3) is 4.91. The molecule has 0 saturated heterocycles. The van der Waals surface area contributed by atoms with Gasteiger partial charge in [-0.25, -0.2) is 9.97 Å². The lowest BCUT2D eigenvalue weighted by Gasteiger charge is -2.29. The van der Waals surface area contributed by atoms with E-state index in [1.165, 1.54) is 0 Å². The highest BCUT2D eigenvalue weighted by atomic mass is 35.5. The standard InChI is InChI=1S/C24H27ClN4O/c1-30-20-11-12-22-21(14-20)24(27-19-9-4-17(15-26)5-10-19)29-23(28-22)13-6-16-2-7-18(25)8-3-16/h2-3,6-8,11-14,17,19H,4-5,9-10,15,26H2,1H3,(H,27,28,29)/b13-6+. The maximum Gasteiger partial charge on any atom is 0.154 e. The molecule has 1 heterocycles. The molecule has 4 rings (SSSR count). The summed E-state index contributed by atoms with van der Waals surface area (Å²) in [7, 11) is 1.67. The van der Waals surface area contributed by atoms with E-state index in [1.54, 1.807) is 7.11 Å². The molecule has 3 aromatic rings. The van der Waals surface area contributed by atoms with E-state index in [-0.39, 0.29) is 0 Å². The first kappa shape index (κ1) is 20.6. The lowest BCUT2D eigenvalue weighted by atomic mass is 9.86. The molecule has 3 N–H and O–H groups in total. The zero-order chi connectivity index (χ0) is 20.9. The molecular weight excluding hydrogens is 396 g/mol. The van der Waals surface area contributed by atoms with Gasteiger partial charge in [-0.2, -0.15) is 0 Å². The Morgan fingerprint density at radius 2 is 1.83 bits per heavy atom. The Morgan fingerprint density at radius 1 is 1.07 bits per heavy atom. The number of halogens is 1. The van der Waals surface area contributed by atoms with Gasteiger partial charge >= 0.3 is 0 Å². The van der Waals surface area contributed by atoms with Crippen molar-refractivity contribution >= 4 is 40.5 Å². The number of anilines is 1. The number of benzene rings is 2. The van der Waals surface area contributed by atoms with E-state index in [0.29, 0.717) is 17.8 Å². The Morgan fingerprint density at radius 3 is 2.53 bits per heavy atom. The van der Waals surface area contributed by atoms with Crippen molar-refractivity contribution in [2.24, 2.45) is 11.7 Å². The van der Waals surface area contributed by atoms with Crippen LogP contribution in [0.5, 0.6) is 5.75 Å². The minimum atomic E-state index is 0.394. The van der Waals surface area contributed by atoms with Crippen LogP contribution in [0.1, 0.15) is 37.1 Å². The third-order valence-corrected chi connectivity index (χ3v) is 5.99. The minimum absolute atomic E-state index is 0.394. The van der Waals surface area contributed by atoms with Gasteiger partial charge in [0.1, 0.15) is 11.6 Å². The molecule has 0 unspecified atom stereocenters. The number of methoxy groups -OCH3 is 1. The highest BCUT2D eigenvalue weighted by Gasteiger charge is 2.21. The predicted molar refractivity (Wildman–Crippen MR) is 125 cm³/mol. The molecule has 0 bridgehead atoms. The van der Waals surface area contributed by atoms with Crippen molar-refractivity contribution in [3.05, 3.63) is 58.9 Å². The summed E-state index contributed by atoms with van der Waals surface area (Å²) in [5, 5.41) is 5.36. The number of nitrogens with two attached hydrogens (primary N) is 1. The van der Waals surface area contributed by atoms with Gasteiger partial charge in [-0.1, -0.05) is 29.8 Å². The average Bonchev–Trinajstić information content (AvgIpc) is 2.79. The zero-order valence-electron chi connectivity index (χ0n) is 17.1. The molecule has 0 radical (unpaired) electrons. The molecule has 0 aliphatic heterocycles. The number of fused-ring (bicyclic) bond motifs is 1. The normalized spacial score (nSPS) is 19.3. The largest absolute Gasteiger partial charge is 0.497 e. The first-order valence-corrected chi connectivity index (χ1v) is 10.8. The quantitative estimate of drug-likeness (QED) is 0.557. The van der Waals surface area contributed by atoms with Crippen LogP contribution in [0.3, 0.4) is 0 Å². The predicted octanol–water partition coefficient (Wildman–Crippen LogP) is 5.39. The van der Waals surface area contributed by atoms with Gasteiger partial charge in [0.05, 0.1) is 12.6 Å². The van der Waals surface area contributed by atoms with Crippen LogP contribution in [0, 0.1) is 5.92 Å². The van der Waals surface area contributed by atoms with Crippen molar-refractivity contribution in [3.8, 4) is 5.75 Å². The molecule has 0 amide bonds. The van der Waals surface area contributed by atoms with E-state index in [4.69, 9.17) is 32.0 Å². The topological polar surface area (TPSA) is 73.1 Å². The number of nitrogens with zero attached hydrogens (tertiary/aromatic N) is 2. The summed E-state index contributed by atoms with van der Waals surface area (Å²) in [5.41, 5.74) is 7.78. The van der Waals surface area contributed by atoms with Crippen molar-refractivity contribution in [2.45, 2.75) is 31.7 Å². The van der Waals surface area contributed by atoms with E-state index in [9.17, 15) is 0 Å². The highest BCUT2D eigenvalue weighted by Crippen LogP contribution is 2.30. The summed E-state index contributed by atoms with van der Waals surface area (Å²) in [6, 6.07) is 14.0. The molecule has 0 atom stereocenters. The molecule has 1 aromatic heterocycles. The van der Waals surface area contributed by atoms with E-state index in [2.05, 4.69) is 5.32 Å². The summed E-state index contributed by atoms with van der Waals surface area (Å²) >= 11 is 5.98. The van der Waals surface area contributed by atoms with E-state index in [0.717, 1.165) is 65.3 Å². The summed E-state index contributed by atoms with van der Waals surface area (Å²) in [6.45, 7) is 0.778. The molecule has 0 spiro atoms. The van der Waals surface area contributed by atoms with Gasteiger partial charge in [-0.15, -0.1) is 0 Å². The summed E-state index contributed by atoms with van der Waals surface area (Å²) in [5.74, 6) is 2.96. The molecule has 1 fully saturated rings. The molecule has 5 nitrogen and oxygen atoms in total. The number of ether oxygens (including phenoxy) is 1. The highest BCUT2D eigenvalue weighted by molar-refractivity contribution is 6.30. The molecule has 30 heavy (non-hydrogen) atoms. The van der Waals surface area contributed by atoms with Crippen molar-refractivity contribution in [2.75, 3.05) is 19.0 Å². The minimum Gasteiger partial charge on any atom is -0.497 e. The lowest BCUT2D eigenvalue weighted by molar-refractivity contribution is 0.344. The van der Waals surface area contributed by atoms with Crippen molar-refractivity contribution in [1.29, 1.82) is 0 Å². The maximum atomic E-state index is 5.98. The second-order valence-corrected chi connectivity index (χ2v) is 8.23. The smallest absolute Gasteiger partial charge is 0.154 e. The van der Waals surface area contributed by atoms with Gasteiger partial charge in [0.25, 0.3) is 0 Å². The Kier molecular flexibility index (Phi) is 6.50. The molecule has 1 saturated carbocycles. The Balaban J connectivity index is 1.64. The fraction of sp³-hybridized carbons (Fsp3) is 0.333. The Hall–Kier alpha value is -2.63. The first-order valence-electron chi connectivity index (χ1n) is 10.4. The van der Waals surface area contributed by atoms with Crippen LogP contribution in [-0.2, 0) is 0 Å². The third-order valence-electron chi connectivity index (χ3n) is 5.74. The van der Waals surface area contributed by atoms with E-state index in [1.807, 2.05) is 54.6 Å². The molecule has 1 aliphatic rings. The van der Waals surface area contributed by atoms with Gasteiger partial charge in [0.2, 0.25) is 0 Å². The molecule has 2 aromatic carbocycles. The number of hydrogen-bond acceptors (Lipinski definition) is 5. The molecule has 156 valence electrons. The van der Waals surface area contributed by atoms with Crippen LogP contribution in [0.2, 0.25) is 5.02 Å². The van der Waals surface area contributed by atoms with Gasteiger partial charge in [-0.3, -0.25) is 0 Å². The fourth-order valence-corrected chi connectivity index (χ4v) is 4.04. The van der Waals surface area contributed by atoms with Crippen LogP contribution in [-0.4, -0.2) is 29.7 Å². The summed E-state index contributed by atoms with van der Waals surface area (Å²) in [6.07, 6.45) is 8.45. The number of nitrogens with one attached hydrogen (secondary N) is 1. The van der Waals surface area contributed by atoms with E-state index >= 15 is 0 Å². The number of hydrogen-bond donors (Lipinski definition) is 2. The monoisotopic (exact) mass is 422 g/mol. The van der Waals surface area contributed by atoms with E-state index < -0.39 is 0 Å². The van der Waals surface area contributed by atoms with Crippen LogP contribution in [0.4, 0.5) is 5.82 Å². The average molecular weight is 423 g/mol. The van der Waals surface area contributed by atoms with Gasteiger partial charge in [0, 0.05) is 16.5 Å². The van der Waals surface area contributed by atoms with Gasteiger partial charge in [0.15, 0.2) is 5.82 Å². The second kappa shape index (κ2) is 9.45. The number of aromatic nitrogens is 2. The van der Waals surface area contributed by atoms with Crippen molar-refractivity contribution < 1.29 is 4.74 Å². The van der Waals surface area contributed by atoms with Crippen LogP contribution in [0.25, 0.3) is 23.1 Å². The first-order chi connectivity index (χ1) is 14.6. The molecule has 1 aliphatic carbocycles. The van der Waals surface area contributed by atoms with Crippen LogP contribution >= 0.6 is 11.6 Å². The SMILES string of the molecule is COc1ccc2nc(/C=C/c3ccc(Cl)cc3)nc(NC3CCC(CN)CC3)c2c1. The van der Waals surface area contributed by atoms with Crippen molar-refractivity contribution in [1.82, 2.24) is 9.97 Å². The van der Waals surface area contributed by atoms with Crippen LogP contribution < -0.4 is 15.8 Å². The Bertz CT molecular complexity index is 1030. The molecule has 6 heteroatoms. The Labute approximate surface area is 182 Å². The van der Waals surface area contributed by atoms with Gasteiger partial charge < -0.3 is 15.8 Å². The maximum absolute atomic E-state index is 5.98. The molecular formula is C24H27ClN4O. The van der Waals surface area contributed by atoms with Gasteiger partial charge in [-0.05, 0) is 80.1 Å².